The lowest BCUT2D eigenvalue weighted by Gasteiger charge is -2.36. The molecule has 1 aromatic carbocycles. The number of nitrogens with one attached hydrogen (secondary N) is 1. The van der Waals surface area contributed by atoms with E-state index in [1.54, 1.807) is 0 Å². The lowest BCUT2D eigenvalue weighted by Crippen LogP contribution is -2.31. The molecule has 1 saturated carbocycles. The van der Waals surface area contributed by atoms with Crippen LogP contribution in [0.15, 0.2) is 22.7 Å². The molecule has 1 atom stereocenters. The van der Waals surface area contributed by atoms with Gasteiger partial charge in [0.05, 0.1) is 11.3 Å². The second-order valence-electron chi connectivity index (χ2n) is 5.90. The largest absolute Gasteiger partial charge is 0.381 e. The SMILES string of the molecule is CC1(C)CCCC(Nc2ccc(Br)cc2C#N)C1. The first kappa shape index (κ1) is 13.4. The first-order valence-corrected chi connectivity index (χ1v) is 7.26. The Labute approximate surface area is 118 Å². The highest BCUT2D eigenvalue weighted by atomic mass is 79.9. The summed E-state index contributed by atoms with van der Waals surface area (Å²) in [6.45, 7) is 4.65. The molecule has 0 heterocycles. The van der Waals surface area contributed by atoms with Crippen LogP contribution in [0.2, 0.25) is 0 Å². The Hall–Kier alpha value is -1.01. The minimum absolute atomic E-state index is 0.415. The van der Waals surface area contributed by atoms with Gasteiger partial charge in [-0.15, -0.1) is 0 Å². The van der Waals surface area contributed by atoms with Crippen molar-refractivity contribution < 1.29 is 0 Å². The molecule has 1 aliphatic carbocycles. The van der Waals surface area contributed by atoms with Crippen LogP contribution in [0.4, 0.5) is 5.69 Å². The second-order valence-corrected chi connectivity index (χ2v) is 6.82. The molecule has 0 spiro atoms. The highest BCUT2D eigenvalue weighted by Crippen LogP contribution is 2.36. The van der Waals surface area contributed by atoms with Crippen LogP contribution in [0.5, 0.6) is 0 Å². The van der Waals surface area contributed by atoms with Crippen molar-refractivity contribution in [3.63, 3.8) is 0 Å². The number of halogens is 1. The highest BCUT2D eigenvalue weighted by molar-refractivity contribution is 9.10. The maximum atomic E-state index is 9.16. The summed E-state index contributed by atoms with van der Waals surface area (Å²) in [5.74, 6) is 0. The zero-order valence-electron chi connectivity index (χ0n) is 11.0. The Bertz CT molecular complexity index is 474. The van der Waals surface area contributed by atoms with Gasteiger partial charge in [0.15, 0.2) is 0 Å². The van der Waals surface area contributed by atoms with Crippen LogP contribution in [0.1, 0.15) is 45.1 Å². The second kappa shape index (κ2) is 5.32. The van der Waals surface area contributed by atoms with Crippen molar-refractivity contribution >= 4 is 21.6 Å². The third kappa shape index (κ3) is 3.26. The van der Waals surface area contributed by atoms with Gasteiger partial charge in [-0.05, 0) is 42.9 Å². The normalized spacial score (nSPS) is 22.2. The van der Waals surface area contributed by atoms with E-state index in [4.69, 9.17) is 5.26 Å². The fourth-order valence-corrected chi connectivity index (χ4v) is 3.14. The average molecular weight is 307 g/mol. The lowest BCUT2D eigenvalue weighted by molar-refractivity contribution is 0.229. The quantitative estimate of drug-likeness (QED) is 0.859. The fraction of sp³-hybridized carbons (Fsp3) is 0.533. The van der Waals surface area contributed by atoms with Crippen molar-refractivity contribution in [2.24, 2.45) is 5.41 Å². The van der Waals surface area contributed by atoms with E-state index in [2.05, 4.69) is 41.2 Å². The van der Waals surface area contributed by atoms with Gasteiger partial charge in [-0.1, -0.05) is 36.2 Å². The van der Waals surface area contributed by atoms with E-state index in [-0.39, 0.29) is 0 Å². The average Bonchev–Trinajstić information content (AvgIpc) is 2.30. The third-order valence-corrected chi connectivity index (χ3v) is 4.16. The summed E-state index contributed by atoms with van der Waals surface area (Å²) in [5.41, 5.74) is 2.09. The Morgan fingerprint density at radius 2 is 2.22 bits per heavy atom. The maximum Gasteiger partial charge on any atom is 0.101 e. The molecule has 3 heteroatoms. The number of nitriles is 1. The van der Waals surface area contributed by atoms with E-state index in [0.29, 0.717) is 17.0 Å². The van der Waals surface area contributed by atoms with Crippen LogP contribution in [-0.4, -0.2) is 6.04 Å². The lowest BCUT2D eigenvalue weighted by atomic mass is 9.75. The molecule has 1 unspecified atom stereocenters. The van der Waals surface area contributed by atoms with Crippen molar-refractivity contribution in [3.8, 4) is 6.07 Å². The molecule has 1 aliphatic rings. The van der Waals surface area contributed by atoms with Crippen molar-refractivity contribution in [2.45, 2.75) is 45.6 Å². The van der Waals surface area contributed by atoms with E-state index < -0.39 is 0 Å². The van der Waals surface area contributed by atoms with Crippen LogP contribution in [0, 0.1) is 16.7 Å². The molecular formula is C15H19BrN2. The number of nitrogens with zero attached hydrogens (tertiary/aromatic N) is 1. The van der Waals surface area contributed by atoms with E-state index in [1.807, 2.05) is 18.2 Å². The molecule has 0 aromatic heterocycles. The number of hydrogen-bond acceptors (Lipinski definition) is 2. The Morgan fingerprint density at radius 1 is 1.44 bits per heavy atom. The molecule has 96 valence electrons. The zero-order chi connectivity index (χ0) is 13.2. The first-order chi connectivity index (χ1) is 8.50. The maximum absolute atomic E-state index is 9.16. The molecule has 1 fully saturated rings. The minimum atomic E-state index is 0.415. The Balaban J connectivity index is 2.12. The molecule has 1 aromatic rings. The Morgan fingerprint density at radius 3 is 2.89 bits per heavy atom. The smallest absolute Gasteiger partial charge is 0.101 e. The first-order valence-electron chi connectivity index (χ1n) is 6.46. The molecule has 0 aliphatic heterocycles. The van der Waals surface area contributed by atoms with E-state index in [9.17, 15) is 0 Å². The molecule has 2 nitrogen and oxygen atoms in total. The van der Waals surface area contributed by atoms with E-state index in [1.165, 1.54) is 25.7 Å². The monoisotopic (exact) mass is 306 g/mol. The highest BCUT2D eigenvalue weighted by Gasteiger charge is 2.28. The van der Waals surface area contributed by atoms with Gasteiger partial charge in [0.2, 0.25) is 0 Å². The van der Waals surface area contributed by atoms with Gasteiger partial charge in [-0.25, -0.2) is 0 Å². The predicted octanol–water partition coefficient (Wildman–Crippen LogP) is 4.70. The predicted molar refractivity (Wildman–Crippen MR) is 78.5 cm³/mol. The molecule has 0 amide bonds. The van der Waals surface area contributed by atoms with E-state index >= 15 is 0 Å². The van der Waals surface area contributed by atoms with Crippen LogP contribution in [0.25, 0.3) is 0 Å². The van der Waals surface area contributed by atoms with Gasteiger partial charge in [0, 0.05) is 10.5 Å². The summed E-state index contributed by atoms with van der Waals surface area (Å²) in [6, 6.07) is 8.59. The Kier molecular flexibility index (Phi) is 3.97. The summed E-state index contributed by atoms with van der Waals surface area (Å²) < 4.78 is 0.952. The van der Waals surface area contributed by atoms with Crippen LogP contribution < -0.4 is 5.32 Å². The number of benzene rings is 1. The molecule has 0 saturated heterocycles. The van der Waals surface area contributed by atoms with Gasteiger partial charge >= 0.3 is 0 Å². The number of anilines is 1. The number of hydrogen-bond donors (Lipinski definition) is 1. The summed E-state index contributed by atoms with van der Waals surface area (Å²) >= 11 is 3.40. The standard InChI is InChI=1S/C15H19BrN2/c1-15(2)7-3-4-13(9-15)18-14-6-5-12(16)8-11(14)10-17/h5-6,8,13,18H,3-4,7,9H2,1-2H3. The third-order valence-electron chi connectivity index (χ3n) is 3.67. The zero-order valence-corrected chi connectivity index (χ0v) is 12.5. The summed E-state index contributed by atoms with van der Waals surface area (Å²) in [6.07, 6.45) is 4.94. The molecule has 2 rings (SSSR count). The minimum Gasteiger partial charge on any atom is -0.381 e. The summed E-state index contributed by atoms with van der Waals surface area (Å²) in [4.78, 5) is 0. The molecule has 0 radical (unpaired) electrons. The summed E-state index contributed by atoms with van der Waals surface area (Å²) in [7, 11) is 0. The fourth-order valence-electron chi connectivity index (χ4n) is 2.78. The van der Waals surface area contributed by atoms with Crippen LogP contribution >= 0.6 is 15.9 Å². The van der Waals surface area contributed by atoms with E-state index in [0.717, 1.165) is 10.2 Å². The molecule has 1 N–H and O–H groups in total. The molecular weight excluding hydrogens is 288 g/mol. The van der Waals surface area contributed by atoms with Crippen LogP contribution in [0.3, 0.4) is 0 Å². The van der Waals surface area contributed by atoms with Gasteiger partial charge in [-0.2, -0.15) is 5.26 Å². The van der Waals surface area contributed by atoms with Gasteiger partial charge in [0.25, 0.3) is 0 Å². The van der Waals surface area contributed by atoms with Gasteiger partial charge < -0.3 is 5.32 Å². The van der Waals surface area contributed by atoms with Crippen molar-refractivity contribution in [1.82, 2.24) is 0 Å². The molecule has 0 bridgehead atoms. The van der Waals surface area contributed by atoms with Gasteiger partial charge in [-0.3, -0.25) is 0 Å². The van der Waals surface area contributed by atoms with Crippen LogP contribution in [-0.2, 0) is 0 Å². The summed E-state index contributed by atoms with van der Waals surface area (Å²) in [5, 5.41) is 12.7. The number of rotatable bonds is 2. The van der Waals surface area contributed by atoms with Crippen molar-refractivity contribution in [3.05, 3.63) is 28.2 Å². The topological polar surface area (TPSA) is 35.8 Å². The molecule has 18 heavy (non-hydrogen) atoms. The van der Waals surface area contributed by atoms with Crippen molar-refractivity contribution in [1.29, 1.82) is 5.26 Å². The van der Waals surface area contributed by atoms with Gasteiger partial charge in [0.1, 0.15) is 6.07 Å². The van der Waals surface area contributed by atoms with Crippen molar-refractivity contribution in [2.75, 3.05) is 5.32 Å².